The van der Waals surface area contributed by atoms with Crippen molar-refractivity contribution in [3.63, 3.8) is 0 Å². The maximum Gasteiger partial charge on any atom is 0.251 e. The molecule has 0 aliphatic carbocycles. The lowest BCUT2D eigenvalue weighted by Crippen LogP contribution is -2.58. The van der Waals surface area contributed by atoms with Crippen molar-refractivity contribution < 1.29 is 9.59 Å². The number of halogens is 1. The summed E-state index contributed by atoms with van der Waals surface area (Å²) in [5.74, 6) is -2.01. The number of carbonyl (C=O) groups excluding carboxylic acids is 2. The first-order valence-electron chi connectivity index (χ1n) is 9.42. The maximum absolute atomic E-state index is 13.0. The molecular formula is C23H17BrN4O2S. The summed E-state index contributed by atoms with van der Waals surface area (Å²) in [5.41, 5.74) is 3.09. The first-order valence-corrected chi connectivity index (χ1v) is 10.6. The Labute approximate surface area is 193 Å². The Morgan fingerprint density at radius 3 is 2.26 bits per heavy atom. The molecule has 3 aromatic carbocycles. The van der Waals surface area contributed by atoms with Gasteiger partial charge in [-0.1, -0.05) is 34.1 Å². The van der Waals surface area contributed by atoms with Crippen molar-refractivity contribution >= 4 is 74.0 Å². The summed E-state index contributed by atoms with van der Waals surface area (Å²) >= 11 is 8.57. The minimum Gasteiger partial charge on any atom is -0.356 e. The van der Waals surface area contributed by atoms with Crippen LogP contribution in [0.15, 0.2) is 88.3 Å². The lowest BCUT2D eigenvalue weighted by molar-refractivity contribution is -0.130. The van der Waals surface area contributed by atoms with Crippen LogP contribution in [0.5, 0.6) is 0 Å². The highest BCUT2D eigenvalue weighted by Crippen LogP contribution is 2.24. The standard InChI is InChI=1S/C23H17BrN4O2S/c24-15-6-12-19(13-7-15)28-22(30)20(21(29)27-23(28)31)14-25-16-8-10-18(11-9-16)26-17-4-2-1-3-5-17/h1-14,20,26H,(H,27,29,31)/t20-/m0/s1. The van der Waals surface area contributed by atoms with Gasteiger partial charge in [-0.3, -0.25) is 19.5 Å². The fourth-order valence-electron chi connectivity index (χ4n) is 3.04. The molecule has 31 heavy (non-hydrogen) atoms. The van der Waals surface area contributed by atoms with Gasteiger partial charge in [0.1, 0.15) is 0 Å². The lowest BCUT2D eigenvalue weighted by Gasteiger charge is -2.30. The van der Waals surface area contributed by atoms with Gasteiger partial charge in [-0.15, -0.1) is 0 Å². The average molecular weight is 493 g/mol. The molecule has 0 aromatic heterocycles. The Morgan fingerprint density at radius 2 is 1.58 bits per heavy atom. The molecule has 0 bridgehead atoms. The average Bonchev–Trinajstić information content (AvgIpc) is 2.76. The van der Waals surface area contributed by atoms with Gasteiger partial charge in [0.2, 0.25) is 5.91 Å². The van der Waals surface area contributed by atoms with E-state index in [1.807, 2.05) is 54.6 Å². The van der Waals surface area contributed by atoms with Crippen LogP contribution in [0.25, 0.3) is 0 Å². The van der Waals surface area contributed by atoms with E-state index in [9.17, 15) is 9.59 Å². The number of nitrogens with one attached hydrogen (secondary N) is 2. The van der Waals surface area contributed by atoms with Gasteiger partial charge in [0.15, 0.2) is 11.0 Å². The van der Waals surface area contributed by atoms with Crippen LogP contribution in [0.4, 0.5) is 22.7 Å². The van der Waals surface area contributed by atoms with Gasteiger partial charge in [-0.2, -0.15) is 0 Å². The minimum absolute atomic E-state index is 0.0540. The molecule has 1 aliphatic rings. The molecule has 0 spiro atoms. The van der Waals surface area contributed by atoms with Crippen molar-refractivity contribution in [1.29, 1.82) is 0 Å². The monoisotopic (exact) mass is 492 g/mol. The summed E-state index contributed by atoms with van der Waals surface area (Å²) in [7, 11) is 0. The number of rotatable bonds is 5. The molecule has 0 unspecified atom stereocenters. The predicted molar refractivity (Wildman–Crippen MR) is 130 cm³/mol. The summed E-state index contributed by atoms with van der Waals surface area (Å²) in [6.45, 7) is 0. The molecule has 0 radical (unpaired) electrons. The van der Waals surface area contributed by atoms with Crippen molar-refractivity contribution in [3.05, 3.63) is 83.3 Å². The second kappa shape index (κ2) is 9.20. The topological polar surface area (TPSA) is 73.8 Å². The number of thiocarbonyl (C=S) groups is 1. The molecule has 1 fully saturated rings. The number of hydrogen-bond acceptors (Lipinski definition) is 5. The molecule has 3 aromatic rings. The summed E-state index contributed by atoms with van der Waals surface area (Å²) in [6, 6.07) is 24.3. The molecule has 4 rings (SSSR count). The van der Waals surface area contributed by atoms with Crippen LogP contribution in [0.1, 0.15) is 0 Å². The number of aliphatic imine (C=N–C) groups is 1. The molecule has 1 heterocycles. The van der Waals surface area contributed by atoms with E-state index in [0.29, 0.717) is 11.4 Å². The van der Waals surface area contributed by atoms with Crippen LogP contribution in [-0.4, -0.2) is 23.1 Å². The number of para-hydroxylation sites is 1. The van der Waals surface area contributed by atoms with Crippen LogP contribution in [0, 0.1) is 5.92 Å². The number of anilines is 3. The molecule has 2 N–H and O–H groups in total. The van der Waals surface area contributed by atoms with Crippen LogP contribution in [0.2, 0.25) is 0 Å². The van der Waals surface area contributed by atoms with E-state index in [0.717, 1.165) is 15.8 Å². The van der Waals surface area contributed by atoms with E-state index >= 15 is 0 Å². The second-order valence-corrected chi connectivity index (χ2v) is 8.04. The minimum atomic E-state index is -1.07. The predicted octanol–water partition coefficient (Wildman–Crippen LogP) is 4.96. The summed E-state index contributed by atoms with van der Waals surface area (Å²) in [4.78, 5) is 31.0. The first kappa shape index (κ1) is 20.9. The summed E-state index contributed by atoms with van der Waals surface area (Å²) in [5, 5.41) is 5.92. The molecule has 6 nitrogen and oxygen atoms in total. The molecule has 1 aliphatic heterocycles. The van der Waals surface area contributed by atoms with Crippen LogP contribution in [0.3, 0.4) is 0 Å². The molecule has 1 saturated heterocycles. The normalized spacial score (nSPS) is 16.5. The van der Waals surface area contributed by atoms with E-state index in [1.165, 1.54) is 11.1 Å². The van der Waals surface area contributed by atoms with E-state index in [4.69, 9.17) is 12.2 Å². The Hall–Kier alpha value is -3.36. The fraction of sp³-hybridized carbons (Fsp3) is 0.0435. The fourth-order valence-corrected chi connectivity index (χ4v) is 3.60. The number of amides is 2. The molecule has 8 heteroatoms. The largest absolute Gasteiger partial charge is 0.356 e. The van der Waals surface area contributed by atoms with Gasteiger partial charge in [-0.25, -0.2) is 0 Å². The van der Waals surface area contributed by atoms with Gasteiger partial charge in [0.25, 0.3) is 5.91 Å². The summed E-state index contributed by atoms with van der Waals surface area (Å²) in [6.07, 6.45) is 1.35. The van der Waals surface area contributed by atoms with Crippen molar-refractivity contribution in [3.8, 4) is 0 Å². The van der Waals surface area contributed by atoms with Crippen LogP contribution < -0.4 is 15.5 Å². The van der Waals surface area contributed by atoms with Gasteiger partial charge in [0.05, 0.1) is 11.4 Å². The Kier molecular flexibility index (Phi) is 6.20. The SMILES string of the molecule is O=C1NC(=S)N(c2ccc(Br)cc2)C(=O)[C@H]1C=Nc1ccc(Nc2ccccc2)cc1. The zero-order valence-electron chi connectivity index (χ0n) is 16.2. The number of benzene rings is 3. The molecule has 154 valence electrons. The Morgan fingerprint density at radius 1 is 0.935 bits per heavy atom. The molecule has 0 saturated carbocycles. The van der Waals surface area contributed by atoms with Gasteiger partial charge in [0, 0.05) is 22.1 Å². The highest BCUT2D eigenvalue weighted by molar-refractivity contribution is 9.10. The highest BCUT2D eigenvalue weighted by Gasteiger charge is 2.38. The van der Waals surface area contributed by atoms with Crippen molar-refractivity contribution in [2.75, 3.05) is 10.2 Å². The smallest absolute Gasteiger partial charge is 0.251 e. The van der Waals surface area contributed by atoms with E-state index in [-0.39, 0.29) is 5.11 Å². The van der Waals surface area contributed by atoms with Gasteiger partial charge >= 0.3 is 0 Å². The number of nitrogens with zero attached hydrogens (tertiary/aromatic N) is 2. The third kappa shape index (κ3) is 4.87. The zero-order chi connectivity index (χ0) is 21.8. The summed E-state index contributed by atoms with van der Waals surface area (Å²) < 4.78 is 0.874. The van der Waals surface area contributed by atoms with E-state index < -0.39 is 17.7 Å². The van der Waals surface area contributed by atoms with Crippen molar-refractivity contribution in [1.82, 2.24) is 5.32 Å². The maximum atomic E-state index is 13.0. The number of hydrogen-bond donors (Lipinski definition) is 2. The van der Waals surface area contributed by atoms with Crippen LogP contribution in [-0.2, 0) is 9.59 Å². The van der Waals surface area contributed by atoms with Gasteiger partial charge < -0.3 is 10.6 Å². The Bertz CT molecular complexity index is 1150. The second-order valence-electron chi connectivity index (χ2n) is 6.74. The van der Waals surface area contributed by atoms with Crippen molar-refractivity contribution in [2.24, 2.45) is 10.9 Å². The first-order chi connectivity index (χ1) is 15.0. The van der Waals surface area contributed by atoms with Crippen LogP contribution >= 0.6 is 28.1 Å². The van der Waals surface area contributed by atoms with E-state index in [1.54, 1.807) is 24.3 Å². The molecular weight excluding hydrogens is 476 g/mol. The highest BCUT2D eigenvalue weighted by atomic mass is 79.9. The van der Waals surface area contributed by atoms with Crippen molar-refractivity contribution in [2.45, 2.75) is 0 Å². The Balaban J connectivity index is 1.49. The third-order valence-corrected chi connectivity index (χ3v) is 5.40. The quantitative estimate of drug-likeness (QED) is 0.300. The van der Waals surface area contributed by atoms with E-state index in [2.05, 4.69) is 31.6 Å². The molecule has 2 amide bonds. The van der Waals surface area contributed by atoms with Gasteiger partial charge in [-0.05, 0) is 72.9 Å². The zero-order valence-corrected chi connectivity index (χ0v) is 18.6. The third-order valence-electron chi connectivity index (χ3n) is 4.59. The number of carbonyl (C=O) groups is 2. The lowest BCUT2D eigenvalue weighted by atomic mass is 10.1. The molecule has 1 atom stereocenters.